The highest BCUT2D eigenvalue weighted by Gasteiger charge is 2.12. The van der Waals surface area contributed by atoms with Gasteiger partial charge in [-0.05, 0) is 61.5 Å². The lowest BCUT2D eigenvalue weighted by molar-refractivity contribution is -0.126. The Kier molecular flexibility index (Phi) is 7.75. The second kappa shape index (κ2) is 10.9. The Morgan fingerprint density at radius 3 is 2.45 bits per heavy atom. The van der Waals surface area contributed by atoms with Crippen molar-refractivity contribution in [3.63, 3.8) is 0 Å². The van der Waals surface area contributed by atoms with Gasteiger partial charge in [0.1, 0.15) is 17.3 Å². The Labute approximate surface area is 190 Å². The number of likely N-dealkylation sites (N-methyl/N-ethyl adjacent to an activating group) is 1. The number of hydrogen-bond donors (Lipinski definition) is 2. The van der Waals surface area contributed by atoms with Crippen LogP contribution < -0.4 is 11.1 Å². The molecular weight excluding hydrogens is 425 g/mol. The molecule has 1 heterocycles. The number of carbonyl (C=O) groups excluding carboxylic acids is 3. The molecule has 0 bridgehead atoms. The number of benzene rings is 2. The van der Waals surface area contributed by atoms with Crippen LogP contribution in [0.25, 0.3) is 17.4 Å². The number of carbonyl (C=O) groups is 3. The summed E-state index contributed by atoms with van der Waals surface area (Å²) < 4.78 is 19.5. The highest BCUT2D eigenvalue weighted by molar-refractivity contribution is 5.95. The minimum atomic E-state index is -0.545. The van der Waals surface area contributed by atoms with E-state index in [0.717, 1.165) is 0 Å². The molecular formula is C25H24FN3O4. The molecule has 3 amide bonds. The molecule has 0 saturated carbocycles. The topological polar surface area (TPSA) is 106 Å². The normalized spacial score (nSPS) is 10.8. The average molecular weight is 449 g/mol. The monoisotopic (exact) mass is 449 g/mol. The van der Waals surface area contributed by atoms with E-state index >= 15 is 0 Å². The van der Waals surface area contributed by atoms with Crippen molar-refractivity contribution < 1.29 is 23.2 Å². The highest BCUT2D eigenvalue weighted by atomic mass is 19.1. The van der Waals surface area contributed by atoms with Gasteiger partial charge < -0.3 is 20.4 Å². The molecule has 33 heavy (non-hydrogen) atoms. The van der Waals surface area contributed by atoms with E-state index in [9.17, 15) is 18.8 Å². The standard InChI is InChI=1S/C25H24FN3O4/c1-2-29(16-15-23(30)28-18-9-7-17(8-10-18)25(27)32)24(31)14-12-19-11-13-22(33-19)20-5-3-4-6-21(20)26/h3-14H,2,15-16H2,1H3,(H2,27,32)(H,28,30). The maximum Gasteiger partial charge on any atom is 0.248 e. The van der Waals surface area contributed by atoms with Crippen LogP contribution in [0.1, 0.15) is 29.5 Å². The first-order chi connectivity index (χ1) is 15.9. The van der Waals surface area contributed by atoms with Crippen molar-refractivity contribution in [2.24, 2.45) is 5.73 Å². The third-order valence-electron chi connectivity index (χ3n) is 4.91. The second-order valence-corrected chi connectivity index (χ2v) is 7.17. The fraction of sp³-hybridized carbons (Fsp3) is 0.160. The summed E-state index contributed by atoms with van der Waals surface area (Å²) in [5.74, 6) is -0.700. The Balaban J connectivity index is 1.53. The second-order valence-electron chi connectivity index (χ2n) is 7.17. The van der Waals surface area contributed by atoms with E-state index in [4.69, 9.17) is 10.2 Å². The van der Waals surface area contributed by atoms with Crippen molar-refractivity contribution in [3.05, 3.63) is 83.9 Å². The number of amides is 3. The number of nitrogens with two attached hydrogens (primary N) is 1. The summed E-state index contributed by atoms with van der Waals surface area (Å²) in [5.41, 5.74) is 6.41. The minimum Gasteiger partial charge on any atom is -0.457 e. The zero-order valence-electron chi connectivity index (χ0n) is 18.1. The zero-order chi connectivity index (χ0) is 23.8. The average Bonchev–Trinajstić information content (AvgIpc) is 3.27. The lowest BCUT2D eigenvalue weighted by Crippen LogP contribution is -2.32. The van der Waals surface area contributed by atoms with Gasteiger partial charge in [0.2, 0.25) is 17.7 Å². The van der Waals surface area contributed by atoms with Gasteiger partial charge in [-0.3, -0.25) is 14.4 Å². The molecule has 0 aliphatic rings. The lowest BCUT2D eigenvalue weighted by Gasteiger charge is -2.18. The van der Waals surface area contributed by atoms with Crippen molar-refractivity contribution in [3.8, 4) is 11.3 Å². The molecule has 2 aromatic carbocycles. The first-order valence-corrected chi connectivity index (χ1v) is 10.4. The molecule has 8 heteroatoms. The van der Waals surface area contributed by atoms with Crippen LogP contribution in [-0.4, -0.2) is 35.7 Å². The summed E-state index contributed by atoms with van der Waals surface area (Å²) in [6.07, 6.45) is 2.97. The fourth-order valence-electron chi connectivity index (χ4n) is 3.11. The van der Waals surface area contributed by atoms with Crippen molar-refractivity contribution in [1.29, 1.82) is 0 Å². The molecule has 7 nitrogen and oxygen atoms in total. The van der Waals surface area contributed by atoms with Gasteiger partial charge in [0.15, 0.2) is 0 Å². The lowest BCUT2D eigenvalue weighted by atomic mass is 10.1. The molecule has 0 aliphatic carbocycles. The first-order valence-electron chi connectivity index (χ1n) is 10.4. The molecule has 170 valence electrons. The summed E-state index contributed by atoms with van der Waals surface area (Å²) in [6, 6.07) is 15.8. The molecule has 0 atom stereocenters. The van der Waals surface area contributed by atoms with Crippen molar-refractivity contribution in [1.82, 2.24) is 4.90 Å². The predicted molar refractivity (Wildman–Crippen MR) is 124 cm³/mol. The molecule has 0 spiro atoms. The SMILES string of the molecule is CCN(CCC(=O)Nc1ccc(C(N)=O)cc1)C(=O)C=Cc1ccc(-c2ccccc2F)o1. The number of furan rings is 1. The molecule has 3 N–H and O–H groups in total. The highest BCUT2D eigenvalue weighted by Crippen LogP contribution is 2.25. The third kappa shape index (κ3) is 6.39. The number of hydrogen-bond acceptors (Lipinski definition) is 4. The maximum absolute atomic E-state index is 13.9. The van der Waals surface area contributed by atoms with E-state index in [1.807, 2.05) is 6.92 Å². The summed E-state index contributed by atoms with van der Waals surface area (Å²) in [6.45, 7) is 2.46. The number of anilines is 1. The summed E-state index contributed by atoms with van der Waals surface area (Å²) in [4.78, 5) is 37.4. The van der Waals surface area contributed by atoms with Crippen molar-refractivity contribution in [2.75, 3.05) is 18.4 Å². The van der Waals surface area contributed by atoms with E-state index in [1.165, 1.54) is 35.3 Å². The molecule has 0 fully saturated rings. The van der Waals surface area contributed by atoms with E-state index in [0.29, 0.717) is 34.9 Å². The van der Waals surface area contributed by atoms with Gasteiger partial charge in [0, 0.05) is 36.8 Å². The van der Waals surface area contributed by atoms with Gasteiger partial charge in [0.05, 0.1) is 5.56 Å². The Bertz CT molecular complexity index is 1170. The van der Waals surface area contributed by atoms with Gasteiger partial charge in [0.25, 0.3) is 0 Å². The summed E-state index contributed by atoms with van der Waals surface area (Å²) in [5, 5.41) is 2.71. The zero-order valence-corrected chi connectivity index (χ0v) is 18.1. The largest absolute Gasteiger partial charge is 0.457 e. The van der Waals surface area contributed by atoms with E-state index in [1.54, 1.807) is 42.5 Å². The molecule has 3 rings (SSSR count). The Morgan fingerprint density at radius 2 is 1.79 bits per heavy atom. The molecule has 0 aliphatic heterocycles. The number of halogens is 1. The van der Waals surface area contributed by atoms with Gasteiger partial charge >= 0.3 is 0 Å². The van der Waals surface area contributed by atoms with Gasteiger partial charge in [-0.15, -0.1) is 0 Å². The van der Waals surface area contributed by atoms with E-state index < -0.39 is 11.7 Å². The number of nitrogens with one attached hydrogen (secondary N) is 1. The minimum absolute atomic E-state index is 0.100. The predicted octanol–water partition coefficient (Wildman–Crippen LogP) is 4.08. The van der Waals surface area contributed by atoms with E-state index in [-0.39, 0.29) is 24.8 Å². The van der Waals surface area contributed by atoms with Crippen LogP contribution in [0.15, 0.2) is 71.2 Å². The van der Waals surface area contributed by atoms with Gasteiger partial charge in [-0.1, -0.05) is 12.1 Å². The van der Waals surface area contributed by atoms with Gasteiger partial charge in [-0.2, -0.15) is 0 Å². The van der Waals surface area contributed by atoms with Crippen LogP contribution >= 0.6 is 0 Å². The van der Waals surface area contributed by atoms with Crippen LogP contribution in [-0.2, 0) is 9.59 Å². The van der Waals surface area contributed by atoms with Crippen LogP contribution in [0.5, 0.6) is 0 Å². The van der Waals surface area contributed by atoms with Crippen molar-refractivity contribution in [2.45, 2.75) is 13.3 Å². The van der Waals surface area contributed by atoms with Gasteiger partial charge in [-0.25, -0.2) is 4.39 Å². The third-order valence-corrected chi connectivity index (χ3v) is 4.91. The fourth-order valence-corrected chi connectivity index (χ4v) is 3.11. The summed E-state index contributed by atoms with van der Waals surface area (Å²) in [7, 11) is 0. The van der Waals surface area contributed by atoms with Crippen LogP contribution in [0, 0.1) is 5.82 Å². The molecule has 3 aromatic rings. The quantitative estimate of drug-likeness (QED) is 0.480. The summed E-state index contributed by atoms with van der Waals surface area (Å²) >= 11 is 0. The Morgan fingerprint density at radius 1 is 1.06 bits per heavy atom. The van der Waals surface area contributed by atoms with Crippen molar-refractivity contribution >= 4 is 29.5 Å². The number of rotatable bonds is 9. The molecule has 1 aromatic heterocycles. The maximum atomic E-state index is 13.9. The first kappa shape index (κ1) is 23.5. The number of nitrogens with zero attached hydrogens (tertiary/aromatic N) is 1. The molecule has 0 saturated heterocycles. The molecule has 0 unspecified atom stereocenters. The molecule has 0 radical (unpaired) electrons. The van der Waals surface area contributed by atoms with Crippen LogP contribution in [0.4, 0.5) is 10.1 Å². The van der Waals surface area contributed by atoms with Crippen LogP contribution in [0.2, 0.25) is 0 Å². The number of primary amides is 1. The van der Waals surface area contributed by atoms with E-state index in [2.05, 4.69) is 5.32 Å². The smallest absolute Gasteiger partial charge is 0.248 e. The van der Waals surface area contributed by atoms with Crippen LogP contribution in [0.3, 0.4) is 0 Å². The Hall–Kier alpha value is -4.20.